The zero-order valence-corrected chi connectivity index (χ0v) is 10.2. The molecule has 0 saturated carbocycles. The minimum Gasteiger partial charge on any atom is -0.306 e. The van der Waals surface area contributed by atoms with E-state index in [0.717, 1.165) is 5.56 Å². The Bertz CT molecular complexity index is 508. The van der Waals surface area contributed by atoms with E-state index >= 15 is 0 Å². The first-order chi connectivity index (χ1) is 8.66. The van der Waals surface area contributed by atoms with Crippen molar-refractivity contribution in [3.8, 4) is 0 Å². The maximum atomic E-state index is 13.5. The van der Waals surface area contributed by atoms with Gasteiger partial charge in [-0.15, -0.1) is 0 Å². The molecule has 1 atom stereocenters. The highest BCUT2D eigenvalue weighted by atomic mass is 19.1. The molecule has 0 radical (unpaired) electrons. The molecule has 1 nitrogen and oxygen atoms in total. The van der Waals surface area contributed by atoms with Crippen LogP contribution in [0.1, 0.15) is 24.1 Å². The van der Waals surface area contributed by atoms with Crippen molar-refractivity contribution in [3.05, 3.63) is 71.3 Å². The molecule has 0 saturated heterocycles. The molecule has 0 bridgehead atoms. The van der Waals surface area contributed by atoms with Crippen LogP contribution in [-0.2, 0) is 6.54 Å². The number of hydrogen-bond acceptors (Lipinski definition) is 1. The average Bonchev–Trinajstić information content (AvgIpc) is 2.38. The summed E-state index contributed by atoms with van der Waals surface area (Å²) in [5, 5.41) is 3.21. The highest BCUT2D eigenvalue weighted by Crippen LogP contribution is 2.16. The van der Waals surface area contributed by atoms with Gasteiger partial charge < -0.3 is 5.32 Å². The van der Waals surface area contributed by atoms with Crippen molar-refractivity contribution in [1.82, 2.24) is 5.32 Å². The van der Waals surface area contributed by atoms with Crippen LogP contribution in [0.15, 0.2) is 48.5 Å². The predicted octanol–water partition coefficient (Wildman–Crippen LogP) is 3.82. The van der Waals surface area contributed by atoms with Gasteiger partial charge in [0.2, 0.25) is 0 Å². The van der Waals surface area contributed by atoms with Crippen molar-refractivity contribution in [3.63, 3.8) is 0 Å². The summed E-state index contributed by atoms with van der Waals surface area (Å²) in [6.07, 6.45) is 0. The Labute approximate surface area is 105 Å². The summed E-state index contributed by atoms with van der Waals surface area (Å²) >= 11 is 0. The smallest absolute Gasteiger partial charge is 0.127 e. The quantitative estimate of drug-likeness (QED) is 0.866. The zero-order valence-electron chi connectivity index (χ0n) is 10.2. The summed E-state index contributed by atoms with van der Waals surface area (Å²) in [6, 6.07) is 12.9. The molecule has 0 aliphatic heterocycles. The molecule has 3 heteroatoms. The topological polar surface area (TPSA) is 12.0 Å². The Balaban J connectivity index is 1.98. The molecule has 2 aromatic carbocycles. The number of hydrogen-bond donors (Lipinski definition) is 1. The first kappa shape index (κ1) is 12.7. The third kappa shape index (κ3) is 3.14. The molecule has 0 fully saturated rings. The van der Waals surface area contributed by atoms with Crippen molar-refractivity contribution in [1.29, 1.82) is 0 Å². The lowest BCUT2D eigenvalue weighted by Gasteiger charge is -2.15. The highest BCUT2D eigenvalue weighted by molar-refractivity contribution is 5.21. The van der Waals surface area contributed by atoms with E-state index in [4.69, 9.17) is 0 Å². The van der Waals surface area contributed by atoms with Crippen LogP contribution in [0.25, 0.3) is 0 Å². The first-order valence-electron chi connectivity index (χ1n) is 5.89. The SMILES string of the molecule is CC(NCc1ccc(F)cc1)c1ccccc1F. The lowest BCUT2D eigenvalue weighted by Crippen LogP contribution is -2.19. The average molecular weight is 247 g/mol. The number of halogens is 2. The Morgan fingerprint density at radius 1 is 1.00 bits per heavy atom. The molecule has 18 heavy (non-hydrogen) atoms. The Morgan fingerprint density at radius 3 is 2.33 bits per heavy atom. The van der Waals surface area contributed by atoms with Crippen LogP contribution in [-0.4, -0.2) is 0 Å². The van der Waals surface area contributed by atoms with Crippen molar-refractivity contribution < 1.29 is 8.78 Å². The summed E-state index contributed by atoms with van der Waals surface area (Å²) < 4.78 is 26.3. The van der Waals surface area contributed by atoms with Crippen LogP contribution in [0.3, 0.4) is 0 Å². The van der Waals surface area contributed by atoms with Crippen molar-refractivity contribution in [2.24, 2.45) is 0 Å². The summed E-state index contributed by atoms with van der Waals surface area (Å²) in [7, 11) is 0. The van der Waals surface area contributed by atoms with Crippen LogP contribution in [0, 0.1) is 11.6 Å². The molecule has 2 aromatic rings. The standard InChI is InChI=1S/C15H15F2N/c1-11(14-4-2-3-5-15(14)17)18-10-12-6-8-13(16)9-7-12/h2-9,11,18H,10H2,1H3. The molecule has 0 heterocycles. The van der Waals surface area contributed by atoms with Crippen LogP contribution in [0.2, 0.25) is 0 Å². The maximum absolute atomic E-state index is 13.5. The normalized spacial score (nSPS) is 12.4. The molecule has 94 valence electrons. The third-order valence-corrected chi connectivity index (χ3v) is 2.90. The number of nitrogens with one attached hydrogen (secondary N) is 1. The zero-order chi connectivity index (χ0) is 13.0. The predicted molar refractivity (Wildman–Crippen MR) is 68.1 cm³/mol. The summed E-state index contributed by atoms with van der Waals surface area (Å²) in [5.41, 5.74) is 1.61. The molecular weight excluding hydrogens is 232 g/mol. The second-order valence-corrected chi connectivity index (χ2v) is 4.25. The van der Waals surface area contributed by atoms with E-state index < -0.39 is 0 Å². The van der Waals surface area contributed by atoms with E-state index in [1.54, 1.807) is 24.3 Å². The Morgan fingerprint density at radius 2 is 1.67 bits per heavy atom. The fourth-order valence-corrected chi connectivity index (χ4v) is 1.81. The van der Waals surface area contributed by atoms with E-state index in [-0.39, 0.29) is 17.7 Å². The Hall–Kier alpha value is -1.74. The highest BCUT2D eigenvalue weighted by Gasteiger charge is 2.09. The molecule has 1 N–H and O–H groups in total. The van der Waals surface area contributed by atoms with E-state index in [1.165, 1.54) is 18.2 Å². The van der Waals surface area contributed by atoms with E-state index in [2.05, 4.69) is 5.32 Å². The van der Waals surface area contributed by atoms with Crippen molar-refractivity contribution in [2.75, 3.05) is 0 Å². The van der Waals surface area contributed by atoms with Gasteiger partial charge in [-0.05, 0) is 30.7 Å². The lowest BCUT2D eigenvalue weighted by molar-refractivity contribution is 0.528. The van der Waals surface area contributed by atoms with Gasteiger partial charge in [0.25, 0.3) is 0 Å². The molecule has 0 amide bonds. The first-order valence-corrected chi connectivity index (χ1v) is 5.89. The van der Waals surface area contributed by atoms with Gasteiger partial charge in [0.05, 0.1) is 0 Å². The van der Waals surface area contributed by atoms with E-state index in [0.29, 0.717) is 12.1 Å². The molecule has 0 aliphatic rings. The van der Waals surface area contributed by atoms with Gasteiger partial charge in [0, 0.05) is 18.2 Å². The molecule has 2 rings (SSSR count). The second-order valence-electron chi connectivity index (χ2n) is 4.25. The van der Waals surface area contributed by atoms with Crippen LogP contribution < -0.4 is 5.32 Å². The van der Waals surface area contributed by atoms with Gasteiger partial charge in [-0.1, -0.05) is 30.3 Å². The fourth-order valence-electron chi connectivity index (χ4n) is 1.81. The van der Waals surface area contributed by atoms with Crippen molar-refractivity contribution in [2.45, 2.75) is 19.5 Å². The van der Waals surface area contributed by atoms with Gasteiger partial charge in [-0.2, -0.15) is 0 Å². The largest absolute Gasteiger partial charge is 0.306 e. The van der Waals surface area contributed by atoms with Crippen LogP contribution in [0.5, 0.6) is 0 Å². The fraction of sp³-hybridized carbons (Fsp3) is 0.200. The number of benzene rings is 2. The van der Waals surface area contributed by atoms with E-state index in [1.807, 2.05) is 13.0 Å². The van der Waals surface area contributed by atoms with Crippen LogP contribution in [0.4, 0.5) is 8.78 Å². The minimum atomic E-state index is -0.249. The maximum Gasteiger partial charge on any atom is 0.127 e. The van der Waals surface area contributed by atoms with Gasteiger partial charge in [-0.3, -0.25) is 0 Å². The lowest BCUT2D eigenvalue weighted by atomic mass is 10.1. The van der Waals surface area contributed by atoms with Crippen LogP contribution >= 0.6 is 0 Å². The van der Waals surface area contributed by atoms with Crippen molar-refractivity contribution >= 4 is 0 Å². The Kier molecular flexibility index (Phi) is 4.05. The van der Waals surface area contributed by atoms with Gasteiger partial charge in [0.15, 0.2) is 0 Å². The minimum absolute atomic E-state index is 0.0868. The molecule has 0 aliphatic carbocycles. The summed E-state index contributed by atoms with van der Waals surface area (Å²) in [5.74, 6) is -0.461. The number of rotatable bonds is 4. The van der Waals surface area contributed by atoms with Gasteiger partial charge in [0.1, 0.15) is 11.6 Å². The van der Waals surface area contributed by atoms with Gasteiger partial charge >= 0.3 is 0 Å². The van der Waals surface area contributed by atoms with E-state index in [9.17, 15) is 8.78 Å². The molecular formula is C15H15F2N. The third-order valence-electron chi connectivity index (χ3n) is 2.90. The second kappa shape index (κ2) is 5.74. The molecule has 1 unspecified atom stereocenters. The molecule has 0 aromatic heterocycles. The monoisotopic (exact) mass is 247 g/mol. The summed E-state index contributed by atoms with van der Waals surface area (Å²) in [6.45, 7) is 2.48. The molecule has 0 spiro atoms. The van der Waals surface area contributed by atoms with Gasteiger partial charge in [-0.25, -0.2) is 8.78 Å². The summed E-state index contributed by atoms with van der Waals surface area (Å²) in [4.78, 5) is 0.